The fourth-order valence-corrected chi connectivity index (χ4v) is 4.72. The lowest BCUT2D eigenvalue weighted by Gasteiger charge is -2.25. The zero-order valence-corrected chi connectivity index (χ0v) is 19.0. The summed E-state index contributed by atoms with van der Waals surface area (Å²) < 4.78 is 0. The third-order valence-corrected chi connectivity index (χ3v) is 6.59. The van der Waals surface area contributed by atoms with Crippen molar-refractivity contribution in [2.24, 2.45) is 0 Å². The van der Waals surface area contributed by atoms with Crippen LogP contribution in [-0.2, 0) is 22.4 Å². The minimum atomic E-state index is -0.648. The maximum atomic E-state index is 13.2. The largest absolute Gasteiger partial charge is 0.507 e. The van der Waals surface area contributed by atoms with Crippen molar-refractivity contribution >= 4 is 28.4 Å². The van der Waals surface area contributed by atoms with Gasteiger partial charge in [0.05, 0.1) is 11.6 Å². The summed E-state index contributed by atoms with van der Waals surface area (Å²) in [6, 6.07) is 24.2. The molecule has 0 saturated carbocycles. The maximum Gasteiger partial charge on any atom is 0.295 e. The van der Waals surface area contributed by atoms with Crippen LogP contribution in [0.5, 0.6) is 0 Å². The van der Waals surface area contributed by atoms with Crippen LogP contribution in [0.2, 0.25) is 0 Å². The number of nitrogens with one attached hydrogen (secondary N) is 1. The Bertz CT molecular complexity index is 1380. The molecule has 5 nitrogen and oxygen atoms in total. The number of nitrogens with zero attached hydrogens (tertiary/aromatic N) is 1. The molecule has 1 fully saturated rings. The number of ketones is 1. The first-order valence-electron chi connectivity index (χ1n) is 11.6. The van der Waals surface area contributed by atoms with E-state index in [4.69, 9.17) is 0 Å². The highest BCUT2D eigenvalue weighted by atomic mass is 16.3. The maximum absolute atomic E-state index is 13.2. The highest BCUT2D eigenvalue weighted by Gasteiger charge is 2.45. The van der Waals surface area contributed by atoms with E-state index in [9.17, 15) is 14.7 Å². The number of amides is 1. The molecule has 34 heavy (non-hydrogen) atoms. The van der Waals surface area contributed by atoms with Gasteiger partial charge in [-0.25, -0.2) is 0 Å². The average Bonchev–Trinajstić information content (AvgIpc) is 3.41. The summed E-state index contributed by atoms with van der Waals surface area (Å²) in [5.74, 6) is -1.37. The summed E-state index contributed by atoms with van der Waals surface area (Å²) in [5, 5.41) is 12.2. The van der Waals surface area contributed by atoms with Crippen molar-refractivity contribution in [1.29, 1.82) is 0 Å². The van der Waals surface area contributed by atoms with Gasteiger partial charge in [0.1, 0.15) is 5.76 Å². The smallest absolute Gasteiger partial charge is 0.295 e. The van der Waals surface area contributed by atoms with E-state index in [1.54, 1.807) is 29.2 Å². The first kappa shape index (κ1) is 21.7. The molecule has 0 radical (unpaired) electrons. The van der Waals surface area contributed by atoms with Crippen LogP contribution >= 0.6 is 0 Å². The first-order chi connectivity index (χ1) is 16.6. The van der Waals surface area contributed by atoms with Gasteiger partial charge in [0, 0.05) is 29.2 Å². The Morgan fingerprint density at radius 3 is 2.38 bits per heavy atom. The van der Waals surface area contributed by atoms with Gasteiger partial charge in [-0.15, -0.1) is 0 Å². The lowest BCUT2D eigenvalue weighted by Crippen LogP contribution is -2.31. The van der Waals surface area contributed by atoms with Gasteiger partial charge in [-0.3, -0.25) is 9.59 Å². The van der Waals surface area contributed by atoms with Crippen LogP contribution in [-0.4, -0.2) is 33.2 Å². The number of fused-ring (bicyclic) bond motifs is 1. The fourth-order valence-electron chi connectivity index (χ4n) is 4.72. The van der Waals surface area contributed by atoms with E-state index in [0.29, 0.717) is 18.5 Å². The number of aryl methyl sites for hydroxylation is 1. The number of aliphatic hydroxyl groups is 1. The molecule has 1 aliphatic heterocycles. The van der Waals surface area contributed by atoms with Gasteiger partial charge in [-0.1, -0.05) is 79.7 Å². The van der Waals surface area contributed by atoms with Gasteiger partial charge < -0.3 is 15.0 Å². The Balaban J connectivity index is 1.56. The molecular weight excluding hydrogens is 424 g/mol. The number of aliphatic hydroxyl groups excluding tert-OH is 1. The van der Waals surface area contributed by atoms with E-state index in [-0.39, 0.29) is 11.3 Å². The Hall–Kier alpha value is -4.12. The quantitative estimate of drug-likeness (QED) is 0.235. The molecule has 1 amide bonds. The van der Waals surface area contributed by atoms with Gasteiger partial charge in [0.15, 0.2) is 0 Å². The monoisotopic (exact) mass is 450 g/mol. The lowest BCUT2D eigenvalue weighted by atomic mass is 9.94. The second-order valence-electron chi connectivity index (χ2n) is 8.56. The van der Waals surface area contributed by atoms with Gasteiger partial charge in [-0.05, 0) is 35.6 Å². The van der Waals surface area contributed by atoms with E-state index in [2.05, 4.69) is 11.9 Å². The zero-order valence-electron chi connectivity index (χ0n) is 19.0. The normalized spacial score (nSPS) is 17.6. The number of hydrogen-bond donors (Lipinski definition) is 2. The molecule has 1 unspecified atom stereocenters. The van der Waals surface area contributed by atoms with Crippen molar-refractivity contribution in [3.63, 3.8) is 0 Å². The Kier molecular flexibility index (Phi) is 5.76. The Morgan fingerprint density at radius 2 is 1.65 bits per heavy atom. The van der Waals surface area contributed by atoms with Crippen LogP contribution < -0.4 is 0 Å². The molecule has 0 bridgehead atoms. The topological polar surface area (TPSA) is 73.4 Å². The number of carbonyl (C=O) groups is 2. The zero-order chi connectivity index (χ0) is 23.7. The van der Waals surface area contributed by atoms with Gasteiger partial charge in [0.25, 0.3) is 11.7 Å². The SMILES string of the molecule is CCc1ccc(C2/C(=C(\O)c3ccccc3)C(=O)C(=O)N2CCc2c[nH]c3ccccc23)cc1. The second kappa shape index (κ2) is 9.02. The van der Waals surface area contributed by atoms with Crippen LogP contribution in [0.25, 0.3) is 16.7 Å². The summed E-state index contributed by atoms with van der Waals surface area (Å²) in [6.45, 7) is 2.44. The Labute approximate surface area is 198 Å². The molecule has 3 aromatic carbocycles. The van der Waals surface area contributed by atoms with Crippen LogP contribution in [0.4, 0.5) is 0 Å². The number of likely N-dealkylation sites (tertiary alicyclic amines) is 1. The minimum absolute atomic E-state index is 0.138. The predicted octanol–water partition coefficient (Wildman–Crippen LogP) is 5.39. The summed E-state index contributed by atoms with van der Waals surface area (Å²) >= 11 is 0. The minimum Gasteiger partial charge on any atom is -0.507 e. The molecule has 1 aromatic heterocycles. The number of aromatic amines is 1. The van der Waals surface area contributed by atoms with E-state index in [1.807, 2.05) is 60.8 Å². The number of aromatic nitrogens is 1. The molecule has 2 N–H and O–H groups in total. The van der Waals surface area contributed by atoms with Gasteiger partial charge >= 0.3 is 0 Å². The van der Waals surface area contributed by atoms with Crippen molar-refractivity contribution in [2.45, 2.75) is 25.8 Å². The second-order valence-corrected chi connectivity index (χ2v) is 8.56. The van der Waals surface area contributed by atoms with Crippen molar-refractivity contribution in [3.8, 4) is 0 Å². The number of benzene rings is 3. The molecular formula is C29H26N2O3. The summed E-state index contributed by atoms with van der Waals surface area (Å²) in [7, 11) is 0. The Morgan fingerprint density at radius 1 is 0.941 bits per heavy atom. The van der Waals surface area contributed by atoms with Crippen LogP contribution in [0.1, 0.15) is 35.2 Å². The van der Waals surface area contributed by atoms with Crippen molar-refractivity contribution in [3.05, 3.63) is 113 Å². The number of hydrogen-bond acceptors (Lipinski definition) is 3. The molecule has 1 saturated heterocycles. The van der Waals surface area contributed by atoms with Crippen molar-refractivity contribution in [2.75, 3.05) is 6.54 Å². The standard InChI is InChI=1S/C29H26N2O3/c1-2-19-12-14-20(15-13-19)26-25(27(32)21-8-4-3-5-9-21)28(33)29(34)31(26)17-16-22-18-30-24-11-7-6-10-23(22)24/h3-15,18,26,30,32H,2,16-17H2,1H3/b27-25+. The molecule has 0 spiro atoms. The van der Waals surface area contributed by atoms with Gasteiger partial charge in [-0.2, -0.15) is 0 Å². The molecule has 170 valence electrons. The summed E-state index contributed by atoms with van der Waals surface area (Å²) in [5.41, 5.74) is 4.76. The third-order valence-electron chi connectivity index (χ3n) is 6.59. The molecule has 5 heteroatoms. The van der Waals surface area contributed by atoms with E-state index < -0.39 is 17.7 Å². The summed E-state index contributed by atoms with van der Waals surface area (Å²) in [6.07, 6.45) is 3.44. The number of rotatable bonds is 6. The number of H-pyrrole nitrogens is 1. The van der Waals surface area contributed by atoms with Crippen molar-refractivity contribution < 1.29 is 14.7 Å². The van der Waals surface area contributed by atoms with Crippen molar-refractivity contribution in [1.82, 2.24) is 9.88 Å². The highest BCUT2D eigenvalue weighted by Crippen LogP contribution is 2.39. The van der Waals surface area contributed by atoms with E-state index in [1.165, 1.54) is 5.56 Å². The first-order valence-corrected chi connectivity index (χ1v) is 11.6. The third kappa shape index (κ3) is 3.79. The van der Waals surface area contributed by atoms with Crippen LogP contribution in [0, 0.1) is 0 Å². The molecule has 0 aliphatic carbocycles. The molecule has 4 aromatic rings. The predicted molar refractivity (Wildman–Crippen MR) is 133 cm³/mol. The van der Waals surface area contributed by atoms with E-state index in [0.717, 1.165) is 28.5 Å². The fraction of sp³-hybridized carbons (Fsp3) is 0.172. The molecule has 1 atom stereocenters. The number of Topliss-reactive ketones (excluding diaryl/α,β-unsaturated/α-hetero) is 1. The lowest BCUT2D eigenvalue weighted by molar-refractivity contribution is -0.139. The van der Waals surface area contributed by atoms with Crippen LogP contribution in [0.3, 0.4) is 0 Å². The van der Waals surface area contributed by atoms with Gasteiger partial charge in [0.2, 0.25) is 0 Å². The number of para-hydroxylation sites is 1. The molecule has 2 heterocycles. The van der Waals surface area contributed by atoms with Crippen LogP contribution in [0.15, 0.2) is 90.6 Å². The highest BCUT2D eigenvalue weighted by molar-refractivity contribution is 6.46. The average molecular weight is 451 g/mol. The van der Waals surface area contributed by atoms with E-state index >= 15 is 0 Å². The molecule has 5 rings (SSSR count). The molecule has 1 aliphatic rings. The summed E-state index contributed by atoms with van der Waals surface area (Å²) in [4.78, 5) is 31.3. The number of carbonyl (C=O) groups excluding carboxylic acids is 2.